The minimum atomic E-state index is -3.75. The fraction of sp³-hybridized carbons (Fsp3) is 0.391. The van der Waals surface area contributed by atoms with Crippen molar-refractivity contribution >= 4 is 43.5 Å². The number of hydrogen-bond acceptors (Lipinski definition) is 4. The molecule has 0 saturated heterocycles. The summed E-state index contributed by atoms with van der Waals surface area (Å²) in [5, 5.41) is 2.74. The molecule has 2 rings (SSSR count). The van der Waals surface area contributed by atoms with Crippen molar-refractivity contribution in [2.24, 2.45) is 0 Å². The average Bonchev–Trinajstić information content (AvgIpc) is 2.70. The Morgan fingerprint density at radius 1 is 1.09 bits per heavy atom. The van der Waals surface area contributed by atoms with E-state index in [4.69, 9.17) is 0 Å². The van der Waals surface area contributed by atoms with Crippen LogP contribution in [0.25, 0.3) is 0 Å². The molecule has 7 nitrogen and oxygen atoms in total. The number of nitrogens with zero attached hydrogens (tertiary/aromatic N) is 2. The zero-order valence-electron chi connectivity index (χ0n) is 19.1. The van der Waals surface area contributed by atoms with E-state index in [1.54, 1.807) is 13.8 Å². The van der Waals surface area contributed by atoms with Crippen molar-refractivity contribution in [3.05, 3.63) is 63.6 Å². The van der Waals surface area contributed by atoms with Crippen LogP contribution in [0.2, 0.25) is 0 Å². The summed E-state index contributed by atoms with van der Waals surface area (Å²) >= 11 is 3.42. The summed E-state index contributed by atoms with van der Waals surface area (Å²) in [6.07, 6.45) is 1.08. The van der Waals surface area contributed by atoms with Gasteiger partial charge in [0.05, 0.1) is 11.9 Å². The highest BCUT2D eigenvalue weighted by molar-refractivity contribution is 9.10. The van der Waals surface area contributed by atoms with Gasteiger partial charge in [-0.05, 0) is 56.5 Å². The molecular weight excluding hydrogens is 494 g/mol. The number of sulfonamides is 1. The number of amides is 2. The van der Waals surface area contributed by atoms with E-state index in [-0.39, 0.29) is 12.5 Å². The van der Waals surface area contributed by atoms with Crippen molar-refractivity contribution in [1.29, 1.82) is 0 Å². The van der Waals surface area contributed by atoms with Gasteiger partial charge < -0.3 is 10.2 Å². The molecule has 0 radical (unpaired) electrons. The number of likely N-dealkylation sites (N-methyl/N-ethyl adjacent to an activating group) is 1. The summed E-state index contributed by atoms with van der Waals surface area (Å²) in [6, 6.07) is 12.1. The smallest absolute Gasteiger partial charge is 0.244 e. The van der Waals surface area contributed by atoms with Crippen LogP contribution >= 0.6 is 15.9 Å². The molecule has 0 spiro atoms. The quantitative estimate of drug-likeness (QED) is 0.545. The first-order chi connectivity index (χ1) is 15.0. The van der Waals surface area contributed by atoms with Gasteiger partial charge >= 0.3 is 0 Å². The van der Waals surface area contributed by atoms with E-state index in [1.165, 1.54) is 4.90 Å². The number of benzene rings is 2. The molecule has 0 aliphatic rings. The van der Waals surface area contributed by atoms with Gasteiger partial charge in [-0.1, -0.05) is 46.3 Å². The zero-order valence-corrected chi connectivity index (χ0v) is 21.5. The Morgan fingerprint density at radius 2 is 1.69 bits per heavy atom. The molecule has 0 unspecified atom stereocenters. The fourth-order valence-electron chi connectivity index (χ4n) is 3.51. The first-order valence-corrected chi connectivity index (χ1v) is 12.9. The van der Waals surface area contributed by atoms with E-state index in [1.807, 2.05) is 56.3 Å². The minimum Gasteiger partial charge on any atom is -0.355 e. The number of carbonyl (C=O) groups excluding carboxylic acids is 2. The van der Waals surface area contributed by atoms with Gasteiger partial charge in [0.1, 0.15) is 12.6 Å². The molecule has 1 atom stereocenters. The monoisotopic (exact) mass is 523 g/mol. The van der Waals surface area contributed by atoms with Crippen LogP contribution in [0.3, 0.4) is 0 Å². The molecule has 0 saturated carbocycles. The SMILES string of the molecule is CCNC(=O)[C@@H](C)N(Cc1cccc(Br)c1)C(=O)CN(c1c(C)cccc1C)S(C)(=O)=O. The average molecular weight is 524 g/mol. The van der Waals surface area contributed by atoms with Gasteiger partial charge in [0.25, 0.3) is 0 Å². The standard InChI is InChI=1S/C23H30BrN3O4S/c1-6-25-23(29)18(4)26(14-19-11-8-12-20(24)13-19)21(28)15-27(32(5,30)31)22-16(2)9-7-10-17(22)3/h7-13,18H,6,14-15H2,1-5H3,(H,25,29)/t18-/m1/s1. The summed E-state index contributed by atoms with van der Waals surface area (Å²) in [6.45, 7) is 7.26. The Labute approximate surface area is 199 Å². The Balaban J connectivity index is 2.45. The highest BCUT2D eigenvalue weighted by atomic mass is 79.9. The number of aryl methyl sites for hydroxylation is 2. The number of halogens is 1. The van der Waals surface area contributed by atoms with Crippen LogP contribution < -0.4 is 9.62 Å². The van der Waals surface area contributed by atoms with Crippen LogP contribution in [0.5, 0.6) is 0 Å². The Bertz CT molecular complexity index is 1070. The molecular formula is C23H30BrN3O4S. The second kappa shape index (κ2) is 11.0. The third-order valence-corrected chi connectivity index (χ3v) is 6.73. The predicted octanol–water partition coefficient (Wildman–Crippen LogP) is 3.39. The molecule has 1 N–H and O–H groups in total. The molecule has 0 fully saturated rings. The summed E-state index contributed by atoms with van der Waals surface area (Å²) in [4.78, 5) is 27.4. The maximum absolute atomic E-state index is 13.5. The molecule has 0 aromatic heterocycles. The lowest BCUT2D eigenvalue weighted by Gasteiger charge is -2.32. The summed E-state index contributed by atoms with van der Waals surface area (Å²) in [5.41, 5.74) is 2.80. The van der Waals surface area contributed by atoms with Gasteiger partial charge in [0, 0.05) is 17.6 Å². The van der Waals surface area contributed by atoms with E-state index in [9.17, 15) is 18.0 Å². The molecule has 2 aromatic carbocycles. The van der Waals surface area contributed by atoms with Crippen LogP contribution in [0, 0.1) is 13.8 Å². The molecule has 174 valence electrons. The fourth-order valence-corrected chi connectivity index (χ4v) is 4.92. The molecule has 32 heavy (non-hydrogen) atoms. The van der Waals surface area contributed by atoms with E-state index < -0.39 is 28.5 Å². The Morgan fingerprint density at radius 3 is 2.22 bits per heavy atom. The number of nitrogens with one attached hydrogen (secondary N) is 1. The predicted molar refractivity (Wildman–Crippen MR) is 131 cm³/mol. The lowest BCUT2D eigenvalue weighted by atomic mass is 10.1. The highest BCUT2D eigenvalue weighted by Crippen LogP contribution is 2.27. The van der Waals surface area contributed by atoms with Gasteiger partial charge in [0.2, 0.25) is 21.8 Å². The van der Waals surface area contributed by atoms with E-state index >= 15 is 0 Å². The molecule has 0 aliphatic heterocycles. The van der Waals surface area contributed by atoms with Crippen molar-refractivity contribution < 1.29 is 18.0 Å². The Hall–Kier alpha value is -2.39. The lowest BCUT2D eigenvalue weighted by Crippen LogP contribution is -2.51. The van der Waals surface area contributed by atoms with Gasteiger partial charge in [-0.3, -0.25) is 13.9 Å². The summed E-state index contributed by atoms with van der Waals surface area (Å²) < 4.78 is 27.3. The topological polar surface area (TPSA) is 86.8 Å². The highest BCUT2D eigenvalue weighted by Gasteiger charge is 2.30. The summed E-state index contributed by atoms with van der Waals surface area (Å²) in [5.74, 6) is -0.759. The van der Waals surface area contributed by atoms with Crippen molar-refractivity contribution in [3.8, 4) is 0 Å². The molecule has 9 heteroatoms. The number of rotatable bonds is 9. The largest absolute Gasteiger partial charge is 0.355 e. The maximum atomic E-state index is 13.5. The number of carbonyl (C=O) groups is 2. The van der Waals surface area contributed by atoms with Crippen molar-refractivity contribution in [2.45, 2.75) is 40.3 Å². The lowest BCUT2D eigenvalue weighted by molar-refractivity contribution is -0.139. The molecule has 0 bridgehead atoms. The van der Waals surface area contributed by atoms with E-state index in [2.05, 4.69) is 21.2 Å². The maximum Gasteiger partial charge on any atom is 0.244 e. The molecule has 2 amide bonds. The first kappa shape index (κ1) is 25.9. The molecule has 0 heterocycles. The zero-order chi connectivity index (χ0) is 24.1. The third kappa shape index (κ3) is 6.56. The second-order valence-corrected chi connectivity index (χ2v) is 10.6. The van der Waals surface area contributed by atoms with Crippen molar-refractivity contribution in [1.82, 2.24) is 10.2 Å². The normalized spacial score (nSPS) is 12.2. The number of hydrogen-bond donors (Lipinski definition) is 1. The van der Waals surface area contributed by atoms with E-state index in [0.29, 0.717) is 12.2 Å². The van der Waals surface area contributed by atoms with Gasteiger partial charge in [0.15, 0.2) is 0 Å². The van der Waals surface area contributed by atoms with Crippen LogP contribution in [0.1, 0.15) is 30.5 Å². The number of anilines is 1. The van der Waals surface area contributed by atoms with Crippen LogP contribution in [-0.2, 0) is 26.2 Å². The van der Waals surface area contributed by atoms with Gasteiger partial charge in [-0.25, -0.2) is 8.42 Å². The molecule has 0 aliphatic carbocycles. The van der Waals surface area contributed by atoms with Gasteiger partial charge in [-0.2, -0.15) is 0 Å². The summed E-state index contributed by atoms with van der Waals surface area (Å²) in [7, 11) is -3.75. The van der Waals surface area contributed by atoms with Crippen molar-refractivity contribution in [2.75, 3.05) is 23.7 Å². The Kier molecular flexibility index (Phi) is 8.86. The van der Waals surface area contributed by atoms with Crippen LogP contribution in [0.15, 0.2) is 46.9 Å². The van der Waals surface area contributed by atoms with Crippen LogP contribution in [-0.4, -0.2) is 50.5 Å². The third-order valence-electron chi connectivity index (χ3n) is 5.13. The van der Waals surface area contributed by atoms with Gasteiger partial charge in [-0.15, -0.1) is 0 Å². The van der Waals surface area contributed by atoms with Crippen molar-refractivity contribution in [3.63, 3.8) is 0 Å². The minimum absolute atomic E-state index is 0.168. The first-order valence-electron chi connectivity index (χ1n) is 10.3. The number of para-hydroxylation sites is 1. The van der Waals surface area contributed by atoms with E-state index in [0.717, 1.165) is 31.7 Å². The van der Waals surface area contributed by atoms with Crippen LogP contribution in [0.4, 0.5) is 5.69 Å². The molecule has 2 aromatic rings. The second-order valence-electron chi connectivity index (χ2n) is 7.73.